The Hall–Kier alpha value is -5.42. The van der Waals surface area contributed by atoms with Gasteiger partial charge in [-0.1, -0.05) is 6.58 Å². The zero-order valence-corrected chi connectivity index (χ0v) is 33.0. The van der Waals surface area contributed by atoms with Gasteiger partial charge in [0, 0.05) is 56.1 Å². The molecule has 5 aliphatic heterocycles. The molecule has 2 atom stereocenters. The SMILES string of the molecule is C=C1CC[C@H](N2C(=O)c3ccc(N4CCC(CN5CCC(C(=O)N[C@@H]6CCCN(c7cnc(C(N)=O)c(Nc8cc(C)ns8)n7)C6)CC5)CC4)cc3C2=O)C(=O)N1. The number of carbonyl (C=O) groups is 5. The van der Waals surface area contributed by atoms with Crippen LogP contribution in [0.2, 0.25) is 0 Å². The van der Waals surface area contributed by atoms with Crippen LogP contribution >= 0.6 is 11.5 Å². The van der Waals surface area contributed by atoms with Crippen molar-refractivity contribution in [1.82, 2.24) is 34.8 Å². The normalized spacial score (nSPS) is 22.4. The molecule has 0 saturated carbocycles. The number of benzene rings is 1. The van der Waals surface area contributed by atoms with Crippen LogP contribution in [0.15, 0.2) is 42.7 Å². The van der Waals surface area contributed by atoms with Crippen LogP contribution in [0.5, 0.6) is 0 Å². The highest BCUT2D eigenvalue weighted by Gasteiger charge is 2.44. The average molecular weight is 796 g/mol. The molecule has 17 heteroatoms. The highest BCUT2D eigenvalue weighted by molar-refractivity contribution is 7.10. The van der Waals surface area contributed by atoms with E-state index in [9.17, 15) is 24.0 Å². The van der Waals surface area contributed by atoms with E-state index in [4.69, 9.17) is 10.7 Å². The lowest BCUT2D eigenvalue weighted by Gasteiger charge is -2.39. The van der Waals surface area contributed by atoms with Crippen molar-refractivity contribution in [1.29, 1.82) is 0 Å². The number of nitrogens with one attached hydrogen (secondary N) is 3. The van der Waals surface area contributed by atoms with Crippen molar-refractivity contribution < 1.29 is 24.0 Å². The Morgan fingerprint density at radius 1 is 0.965 bits per heavy atom. The third kappa shape index (κ3) is 8.21. The van der Waals surface area contributed by atoms with Crippen molar-refractivity contribution >= 4 is 63.4 Å². The van der Waals surface area contributed by atoms with Crippen molar-refractivity contribution in [3.8, 4) is 0 Å². The van der Waals surface area contributed by atoms with Gasteiger partial charge in [0.2, 0.25) is 11.8 Å². The van der Waals surface area contributed by atoms with Crippen LogP contribution < -0.4 is 31.5 Å². The van der Waals surface area contributed by atoms with Crippen LogP contribution in [-0.2, 0) is 9.59 Å². The molecule has 7 heterocycles. The van der Waals surface area contributed by atoms with Crippen LogP contribution in [0.4, 0.5) is 22.3 Å². The number of carbonyl (C=O) groups excluding carboxylic acids is 5. The van der Waals surface area contributed by atoms with Gasteiger partial charge < -0.3 is 36.4 Å². The van der Waals surface area contributed by atoms with Crippen molar-refractivity contribution in [2.24, 2.45) is 17.6 Å². The molecule has 1 aromatic carbocycles. The summed E-state index contributed by atoms with van der Waals surface area (Å²) in [6.45, 7) is 11.5. The average Bonchev–Trinajstić information content (AvgIpc) is 3.73. The number of hydrogen-bond acceptors (Lipinski definition) is 13. The van der Waals surface area contributed by atoms with Gasteiger partial charge in [-0.2, -0.15) is 4.37 Å². The summed E-state index contributed by atoms with van der Waals surface area (Å²) in [4.78, 5) is 81.8. The van der Waals surface area contributed by atoms with Crippen LogP contribution in [0.3, 0.4) is 0 Å². The van der Waals surface area contributed by atoms with Crippen LogP contribution in [-0.4, -0.2) is 112 Å². The summed E-state index contributed by atoms with van der Waals surface area (Å²) in [6, 6.07) is 6.47. The number of primary amides is 1. The number of amides is 5. The Balaban J connectivity index is 0.789. The first kappa shape index (κ1) is 38.5. The number of piperidine rings is 4. The van der Waals surface area contributed by atoms with Gasteiger partial charge in [0.15, 0.2) is 11.5 Å². The smallest absolute Gasteiger partial charge is 0.271 e. The quantitative estimate of drug-likeness (QED) is 0.219. The summed E-state index contributed by atoms with van der Waals surface area (Å²) in [5.74, 6) is -0.333. The predicted octanol–water partition coefficient (Wildman–Crippen LogP) is 3.19. The number of nitrogens with two attached hydrogens (primary N) is 1. The van der Waals surface area contributed by atoms with Gasteiger partial charge in [0.1, 0.15) is 16.9 Å². The zero-order chi connectivity index (χ0) is 39.8. The molecule has 5 aliphatic rings. The number of nitrogens with zero attached hydrogens (tertiary/aromatic N) is 7. The summed E-state index contributed by atoms with van der Waals surface area (Å²) in [5, 5.41) is 9.89. The fourth-order valence-corrected chi connectivity index (χ4v) is 9.47. The molecular formula is C40H49N11O5S. The standard InChI is InChI=1S/C40H49N11O5S/c1-23-5-8-31(38(54)43-23)51-39(55)29-7-6-28(19-30(29)40(51)56)49-16-9-25(10-17-49)21-48-14-11-26(12-15-48)37(53)44-27-4-3-13-50(22-27)32-20-42-34(35(41)52)36(45-32)46-33-18-24(2)47-57-33/h6-7,18-20,25-27,31H,1,3-5,8-17,21-22H2,2H3,(H2,41,52)(H,43,54)(H,44,53)(H,45,46)/t27-,31+/m1/s1. The van der Waals surface area contributed by atoms with Crippen LogP contribution in [0.1, 0.15) is 88.3 Å². The number of fused-ring (bicyclic) bond motifs is 1. The number of likely N-dealkylation sites (tertiary alicyclic amines) is 1. The lowest BCUT2D eigenvalue weighted by Crippen LogP contribution is -2.51. The first-order valence-corrected chi connectivity index (χ1v) is 20.7. The molecule has 5 N–H and O–H groups in total. The maximum absolute atomic E-state index is 13.5. The second-order valence-electron chi connectivity index (χ2n) is 15.9. The zero-order valence-electron chi connectivity index (χ0n) is 32.2. The molecule has 5 amide bonds. The van der Waals surface area contributed by atoms with Gasteiger partial charge in [-0.25, -0.2) is 9.97 Å². The molecular weight excluding hydrogens is 747 g/mol. The number of allylic oxidation sites excluding steroid dienone is 1. The molecule has 57 heavy (non-hydrogen) atoms. The van der Waals surface area contributed by atoms with Crippen molar-refractivity contribution in [2.45, 2.75) is 70.4 Å². The Kier molecular flexibility index (Phi) is 10.9. The van der Waals surface area contributed by atoms with Gasteiger partial charge in [-0.15, -0.1) is 0 Å². The van der Waals surface area contributed by atoms with E-state index in [1.165, 1.54) is 11.5 Å². The minimum Gasteiger partial charge on any atom is -0.371 e. The Morgan fingerprint density at radius 3 is 2.46 bits per heavy atom. The number of anilines is 4. The summed E-state index contributed by atoms with van der Waals surface area (Å²) in [7, 11) is 0. The molecule has 0 bridgehead atoms. The summed E-state index contributed by atoms with van der Waals surface area (Å²) >= 11 is 1.27. The summed E-state index contributed by atoms with van der Waals surface area (Å²) in [5.41, 5.74) is 8.74. The number of aryl methyl sites for hydroxylation is 1. The Morgan fingerprint density at radius 2 is 1.74 bits per heavy atom. The van der Waals surface area contributed by atoms with E-state index in [1.807, 2.05) is 25.1 Å². The molecule has 300 valence electrons. The second-order valence-corrected chi connectivity index (χ2v) is 16.7. The largest absolute Gasteiger partial charge is 0.371 e. The first-order chi connectivity index (χ1) is 27.5. The first-order valence-electron chi connectivity index (χ1n) is 19.9. The summed E-state index contributed by atoms with van der Waals surface area (Å²) < 4.78 is 4.28. The molecule has 2 aromatic heterocycles. The van der Waals surface area contributed by atoms with Gasteiger partial charge >= 0.3 is 0 Å². The molecule has 4 fully saturated rings. The number of aromatic nitrogens is 3. The third-order valence-electron chi connectivity index (χ3n) is 11.9. The maximum atomic E-state index is 13.5. The van der Waals surface area contributed by atoms with E-state index in [0.717, 1.165) is 99.1 Å². The van der Waals surface area contributed by atoms with Gasteiger partial charge in [-0.05, 0) is 113 Å². The van der Waals surface area contributed by atoms with Gasteiger partial charge in [0.25, 0.3) is 17.7 Å². The maximum Gasteiger partial charge on any atom is 0.271 e. The van der Waals surface area contributed by atoms with Crippen LogP contribution in [0.25, 0.3) is 0 Å². The molecule has 0 aliphatic carbocycles. The topological polar surface area (TPSA) is 199 Å². The summed E-state index contributed by atoms with van der Waals surface area (Å²) in [6.07, 6.45) is 7.92. The number of imide groups is 1. The molecule has 0 spiro atoms. The third-order valence-corrected chi connectivity index (χ3v) is 12.7. The predicted molar refractivity (Wildman–Crippen MR) is 215 cm³/mol. The highest BCUT2D eigenvalue weighted by atomic mass is 32.1. The van der Waals surface area contributed by atoms with E-state index in [1.54, 1.807) is 12.3 Å². The van der Waals surface area contributed by atoms with E-state index < -0.39 is 23.8 Å². The minimum atomic E-state index is -0.820. The highest BCUT2D eigenvalue weighted by Crippen LogP contribution is 2.33. The fraction of sp³-hybridized carbons (Fsp3) is 0.500. The van der Waals surface area contributed by atoms with E-state index in [0.29, 0.717) is 47.9 Å². The Labute approximate surface area is 335 Å². The lowest BCUT2D eigenvalue weighted by molar-refractivity contribution is -0.127. The van der Waals surface area contributed by atoms with E-state index in [2.05, 4.69) is 46.6 Å². The molecule has 4 saturated heterocycles. The van der Waals surface area contributed by atoms with E-state index >= 15 is 0 Å². The second kappa shape index (κ2) is 16.2. The molecule has 8 rings (SSSR count). The van der Waals surface area contributed by atoms with Gasteiger partial charge in [-0.3, -0.25) is 28.9 Å². The number of hydrogen-bond donors (Lipinski definition) is 4. The Bertz CT molecular complexity index is 2090. The molecule has 0 unspecified atom stereocenters. The molecule has 3 aromatic rings. The lowest BCUT2D eigenvalue weighted by atomic mass is 9.91. The molecule has 16 nitrogen and oxygen atoms in total. The monoisotopic (exact) mass is 795 g/mol. The van der Waals surface area contributed by atoms with Crippen molar-refractivity contribution in [3.63, 3.8) is 0 Å². The minimum absolute atomic E-state index is 0.0184. The number of rotatable bonds is 10. The van der Waals surface area contributed by atoms with E-state index in [-0.39, 0.29) is 35.3 Å². The van der Waals surface area contributed by atoms with Gasteiger partial charge in [0.05, 0.1) is 23.0 Å². The van der Waals surface area contributed by atoms with Crippen molar-refractivity contribution in [2.75, 3.05) is 60.9 Å². The van der Waals surface area contributed by atoms with Crippen LogP contribution in [0, 0.1) is 18.8 Å². The fourth-order valence-electron chi connectivity index (χ4n) is 8.81. The van der Waals surface area contributed by atoms with Crippen molar-refractivity contribution in [3.05, 3.63) is 65.3 Å². The molecule has 0 radical (unpaired) electrons.